The van der Waals surface area contributed by atoms with Crippen molar-refractivity contribution in [3.8, 4) is 0 Å². The molecule has 78 valence electrons. The molecule has 0 nitrogen and oxygen atoms in total. The first-order valence-corrected chi connectivity index (χ1v) is 5.95. The van der Waals surface area contributed by atoms with E-state index >= 15 is 0 Å². The summed E-state index contributed by atoms with van der Waals surface area (Å²) in [6, 6.07) is 0. The summed E-state index contributed by atoms with van der Waals surface area (Å²) in [5.41, 5.74) is 0.559. The first-order chi connectivity index (χ1) is 5.95. The molecule has 1 aliphatic carbocycles. The van der Waals surface area contributed by atoms with E-state index in [0.29, 0.717) is 5.41 Å². The van der Waals surface area contributed by atoms with Gasteiger partial charge in [-0.25, -0.2) is 0 Å². The van der Waals surface area contributed by atoms with Crippen molar-refractivity contribution in [3.63, 3.8) is 0 Å². The molecule has 0 saturated heterocycles. The Hall–Kier alpha value is 0. The van der Waals surface area contributed by atoms with Crippen LogP contribution in [0.5, 0.6) is 0 Å². The number of rotatable bonds is 4. The van der Waals surface area contributed by atoms with Crippen molar-refractivity contribution < 1.29 is 0 Å². The first kappa shape index (κ1) is 11.1. The first-order valence-electron chi connectivity index (χ1n) is 5.95. The average Bonchev–Trinajstić information content (AvgIpc) is 1.95. The van der Waals surface area contributed by atoms with Crippen LogP contribution in [-0.4, -0.2) is 0 Å². The minimum atomic E-state index is 0.559. The molecule has 0 amide bonds. The fraction of sp³-hybridized carbons (Fsp3) is 1.00. The summed E-state index contributed by atoms with van der Waals surface area (Å²) >= 11 is 0. The molecule has 0 aromatic heterocycles. The third-order valence-electron chi connectivity index (χ3n) is 4.29. The molecule has 1 fully saturated rings. The van der Waals surface area contributed by atoms with Crippen molar-refractivity contribution in [3.05, 3.63) is 0 Å². The SMILES string of the molecule is CCC1CC(CC(C)(C)C(C)C)C1. The van der Waals surface area contributed by atoms with Gasteiger partial charge in [-0.2, -0.15) is 0 Å². The van der Waals surface area contributed by atoms with Crippen molar-refractivity contribution in [1.82, 2.24) is 0 Å². The maximum Gasteiger partial charge on any atom is -0.0329 e. The third kappa shape index (κ3) is 2.72. The van der Waals surface area contributed by atoms with E-state index in [1.54, 1.807) is 0 Å². The lowest BCUT2D eigenvalue weighted by molar-refractivity contribution is 0.0972. The van der Waals surface area contributed by atoms with E-state index in [1.165, 1.54) is 25.7 Å². The average molecular weight is 182 g/mol. The van der Waals surface area contributed by atoms with Crippen LogP contribution in [0.25, 0.3) is 0 Å². The van der Waals surface area contributed by atoms with Crippen LogP contribution < -0.4 is 0 Å². The van der Waals surface area contributed by atoms with Crippen LogP contribution in [0.2, 0.25) is 0 Å². The van der Waals surface area contributed by atoms with Gasteiger partial charge in [0.05, 0.1) is 0 Å². The number of hydrogen-bond donors (Lipinski definition) is 0. The highest BCUT2D eigenvalue weighted by molar-refractivity contribution is 4.84. The summed E-state index contributed by atoms with van der Waals surface area (Å²) in [6.07, 6.45) is 5.86. The predicted octanol–water partition coefficient (Wildman–Crippen LogP) is 4.49. The van der Waals surface area contributed by atoms with Crippen LogP contribution >= 0.6 is 0 Å². The van der Waals surface area contributed by atoms with Crippen LogP contribution in [-0.2, 0) is 0 Å². The largest absolute Gasteiger partial charge is 0.0651 e. The Morgan fingerprint density at radius 1 is 1.15 bits per heavy atom. The smallest absolute Gasteiger partial charge is 0.0329 e. The lowest BCUT2D eigenvalue weighted by Gasteiger charge is -2.41. The van der Waals surface area contributed by atoms with Crippen LogP contribution in [0, 0.1) is 23.2 Å². The van der Waals surface area contributed by atoms with E-state index in [2.05, 4.69) is 34.6 Å². The van der Waals surface area contributed by atoms with E-state index in [0.717, 1.165) is 17.8 Å². The van der Waals surface area contributed by atoms with Crippen molar-refractivity contribution in [2.45, 2.75) is 60.3 Å². The monoisotopic (exact) mass is 182 g/mol. The Balaban J connectivity index is 2.27. The van der Waals surface area contributed by atoms with E-state index in [4.69, 9.17) is 0 Å². The van der Waals surface area contributed by atoms with Crippen molar-refractivity contribution in [2.24, 2.45) is 23.2 Å². The molecule has 0 heteroatoms. The Bertz CT molecular complexity index is 149. The fourth-order valence-corrected chi connectivity index (χ4v) is 2.35. The zero-order chi connectivity index (χ0) is 10.1. The molecule has 0 heterocycles. The van der Waals surface area contributed by atoms with Crippen LogP contribution in [0.3, 0.4) is 0 Å². The molecule has 13 heavy (non-hydrogen) atoms. The van der Waals surface area contributed by atoms with Gasteiger partial charge in [0.1, 0.15) is 0 Å². The molecular weight excluding hydrogens is 156 g/mol. The quantitative estimate of drug-likeness (QED) is 0.600. The maximum absolute atomic E-state index is 2.43. The van der Waals surface area contributed by atoms with E-state index in [9.17, 15) is 0 Å². The van der Waals surface area contributed by atoms with Gasteiger partial charge < -0.3 is 0 Å². The van der Waals surface area contributed by atoms with Gasteiger partial charge in [-0.05, 0) is 42.4 Å². The van der Waals surface area contributed by atoms with Gasteiger partial charge >= 0.3 is 0 Å². The summed E-state index contributed by atoms with van der Waals surface area (Å²) in [7, 11) is 0. The van der Waals surface area contributed by atoms with Crippen molar-refractivity contribution in [1.29, 1.82) is 0 Å². The van der Waals surface area contributed by atoms with Gasteiger partial charge in [0.25, 0.3) is 0 Å². The summed E-state index contributed by atoms with van der Waals surface area (Å²) < 4.78 is 0. The standard InChI is InChI=1S/C13H26/c1-6-11-7-12(8-11)9-13(4,5)10(2)3/h10-12H,6-9H2,1-5H3. The van der Waals surface area contributed by atoms with E-state index in [1.807, 2.05) is 0 Å². The van der Waals surface area contributed by atoms with Gasteiger partial charge in [-0.15, -0.1) is 0 Å². The van der Waals surface area contributed by atoms with Gasteiger partial charge in [-0.3, -0.25) is 0 Å². The molecule has 0 atom stereocenters. The highest BCUT2D eigenvalue weighted by atomic mass is 14.4. The van der Waals surface area contributed by atoms with Crippen molar-refractivity contribution in [2.75, 3.05) is 0 Å². The Labute approximate surface area is 84.1 Å². The second-order valence-corrected chi connectivity index (χ2v) is 5.96. The Morgan fingerprint density at radius 3 is 2.08 bits per heavy atom. The Kier molecular flexibility index (Phi) is 3.43. The molecule has 1 rings (SSSR count). The van der Waals surface area contributed by atoms with E-state index in [-0.39, 0.29) is 0 Å². The third-order valence-corrected chi connectivity index (χ3v) is 4.29. The zero-order valence-corrected chi connectivity index (χ0v) is 10.1. The molecule has 0 aromatic rings. The van der Waals surface area contributed by atoms with Crippen LogP contribution in [0.15, 0.2) is 0 Å². The molecule has 1 aliphatic rings. The minimum Gasteiger partial charge on any atom is -0.0651 e. The molecule has 0 bridgehead atoms. The number of hydrogen-bond acceptors (Lipinski definition) is 0. The lowest BCUT2D eigenvalue weighted by Crippen LogP contribution is -2.30. The normalized spacial score (nSPS) is 29.1. The highest BCUT2D eigenvalue weighted by Gasteiger charge is 2.33. The van der Waals surface area contributed by atoms with Crippen molar-refractivity contribution >= 4 is 0 Å². The van der Waals surface area contributed by atoms with Gasteiger partial charge in [-0.1, -0.05) is 41.0 Å². The van der Waals surface area contributed by atoms with E-state index < -0.39 is 0 Å². The molecule has 0 N–H and O–H groups in total. The summed E-state index contributed by atoms with van der Waals surface area (Å²) in [6.45, 7) is 11.9. The second kappa shape index (κ2) is 4.02. The van der Waals surface area contributed by atoms with Gasteiger partial charge in [0, 0.05) is 0 Å². The maximum atomic E-state index is 2.43. The second-order valence-electron chi connectivity index (χ2n) is 5.96. The summed E-state index contributed by atoms with van der Waals surface area (Å²) in [5, 5.41) is 0. The lowest BCUT2D eigenvalue weighted by atomic mass is 9.64. The topological polar surface area (TPSA) is 0 Å². The van der Waals surface area contributed by atoms with Crippen LogP contribution in [0.4, 0.5) is 0 Å². The highest BCUT2D eigenvalue weighted by Crippen LogP contribution is 2.44. The van der Waals surface area contributed by atoms with Gasteiger partial charge in [0.2, 0.25) is 0 Å². The molecule has 0 unspecified atom stereocenters. The summed E-state index contributed by atoms with van der Waals surface area (Å²) in [5.74, 6) is 2.93. The summed E-state index contributed by atoms with van der Waals surface area (Å²) in [4.78, 5) is 0. The molecule has 0 aromatic carbocycles. The molecule has 0 aliphatic heterocycles. The Morgan fingerprint density at radius 2 is 1.69 bits per heavy atom. The van der Waals surface area contributed by atoms with Crippen LogP contribution in [0.1, 0.15) is 60.3 Å². The van der Waals surface area contributed by atoms with Gasteiger partial charge in [0.15, 0.2) is 0 Å². The molecule has 0 radical (unpaired) electrons. The zero-order valence-electron chi connectivity index (χ0n) is 10.1. The minimum absolute atomic E-state index is 0.559. The molecular formula is C13H26. The predicted molar refractivity (Wildman–Crippen MR) is 59.7 cm³/mol. The fourth-order valence-electron chi connectivity index (χ4n) is 2.35. The molecule has 1 saturated carbocycles. The molecule has 0 spiro atoms.